The molecule has 164 valence electrons. The highest BCUT2D eigenvalue weighted by Gasteiger charge is 2.11. The molecule has 1 amide bonds. The first-order valence-electron chi connectivity index (χ1n) is 9.63. The van der Waals surface area contributed by atoms with Gasteiger partial charge < -0.3 is 23.9 Å². The van der Waals surface area contributed by atoms with Crippen LogP contribution in [0, 0.1) is 0 Å². The first-order valence-corrected chi connectivity index (χ1v) is 10.4. The van der Waals surface area contributed by atoms with Crippen molar-refractivity contribution >= 4 is 40.4 Å². The third-order valence-corrected chi connectivity index (χ3v) is 5.04. The third kappa shape index (κ3) is 5.25. The Morgan fingerprint density at radius 3 is 2.72 bits per heavy atom. The van der Waals surface area contributed by atoms with Crippen LogP contribution in [0.2, 0.25) is 10.0 Å². The number of fused-ring (bicyclic) bond motifs is 1. The van der Waals surface area contributed by atoms with Gasteiger partial charge in [0.1, 0.15) is 18.0 Å². The van der Waals surface area contributed by atoms with Crippen molar-refractivity contribution in [2.24, 2.45) is 0 Å². The maximum Gasteiger partial charge on any atom is 0.262 e. The van der Waals surface area contributed by atoms with Crippen molar-refractivity contribution in [3.8, 4) is 17.2 Å². The number of rotatable bonds is 8. The second-order valence-corrected chi connectivity index (χ2v) is 7.61. The van der Waals surface area contributed by atoms with Crippen LogP contribution in [0.25, 0.3) is 5.65 Å². The van der Waals surface area contributed by atoms with Crippen molar-refractivity contribution in [2.75, 3.05) is 19.0 Å². The van der Waals surface area contributed by atoms with E-state index in [0.717, 1.165) is 11.3 Å². The van der Waals surface area contributed by atoms with Gasteiger partial charge in [0.05, 0.1) is 17.8 Å². The predicted octanol–water partition coefficient (Wildman–Crippen LogP) is 5.25. The topological polar surface area (TPSA) is 74.1 Å². The number of methoxy groups -OCH3 is 1. The van der Waals surface area contributed by atoms with Crippen molar-refractivity contribution in [1.29, 1.82) is 0 Å². The monoisotopic (exact) mass is 471 g/mol. The minimum absolute atomic E-state index is 0.233. The van der Waals surface area contributed by atoms with E-state index in [2.05, 4.69) is 10.3 Å². The summed E-state index contributed by atoms with van der Waals surface area (Å²) < 4.78 is 18.7. The number of aromatic nitrogens is 2. The number of anilines is 1. The van der Waals surface area contributed by atoms with Crippen LogP contribution < -0.4 is 19.5 Å². The summed E-state index contributed by atoms with van der Waals surface area (Å²) in [7, 11) is 1.55. The zero-order valence-electron chi connectivity index (χ0n) is 17.0. The van der Waals surface area contributed by atoms with Crippen molar-refractivity contribution in [3.05, 3.63) is 82.7 Å². The molecule has 2 aromatic heterocycles. The minimum atomic E-state index is -0.363. The lowest BCUT2D eigenvalue weighted by molar-refractivity contribution is -0.118. The van der Waals surface area contributed by atoms with Gasteiger partial charge in [0.15, 0.2) is 18.1 Å². The zero-order valence-corrected chi connectivity index (χ0v) is 18.6. The molecule has 1 N–H and O–H groups in total. The molecule has 4 rings (SSSR count). The van der Waals surface area contributed by atoms with Gasteiger partial charge >= 0.3 is 0 Å². The lowest BCUT2D eigenvalue weighted by Gasteiger charge is -2.13. The summed E-state index contributed by atoms with van der Waals surface area (Å²) in [6.07, 6.45) is 3.81. The Kier molecular flexibility index (Phi) is 6.68. The second-order valence-electron chi connectivity index (χ2n) is 6.76. The molecule has 0 bridgehead atoms. The molecule has 0 atom stereocenters. The number of imidazole rings is 1. The average Bonchev–Trinajstić information content (AvgIpc) is 3.21. The SMILES string of the molecule is COc1ccc(NC(=O)COc2cc(Cl)ccc2Cl)cc1OCc1cn2ccccc2n1. The molecule has 0 saturated heterocycles. The molecule has 2 heterocycles. The van der Waals surface area contributed by atoms with Crippen LogP contribution in [0.3, 0.4) is 0 Å². The summed E-state index contributed by atoms with van der Waals surface area (Å²) in [5.74, 6) is 0.980. The van der Waals surface area contributed by atoms with Crippen LogP contribution in [0.15, 0.2) is 67.0 Å². The van der Waals surface area contributed by atoms with Crippen LogP contribution in [-0.2, 0) is 11.4 Å². The van der Waals surface area contributed by atoms with Gasteiger partial charge in [0, 0.05) is 35.2 Å². The normalized spacial score (nSPS) is 10.7. The number of benzene rings is 2. The molecule has 7 nitrogen and oxygen atoms in total. The van der Waals surface area contributed by atoms with Gasteiger partial charge in [-0.1, -0.05) is 29.3 Å². The van der Waals surface area contributed by atoms with E-state index in [1.807, 2.05) is 35.0 Å². The fourth-order valence-electron chi connectivity index (χ4n) is 3.00. The molecule has 4 aromatic rings. The number of halogens is 2. The van der Waals surface area contributed by atoms with E-state index in [1.54, 1.807) is 43.5 Å². The van der Waals surface area contributed by atoms with Gasteiger partial charge in [0.25, 0.3) is 5.91 Å². The minimum Gasteiger partial charge on any atom is -0.493 e. The van der Waals surface area contributed by atoms with Gasteiger partial charge in [-0.25, -0.2) is 4.98 Å². The summed E-state index contributed by atoms with van der Waals surface area (Å²) in [6.45, 7) is 0.00927. The Balaban J connectivity index is 1.40. The van der Waals surface area contributed by atoms with Crippen LogP contribution >= 0.6 is 23.2 Å². The van der Waals surface area contributed by atoms with E-state index in [1.165, 1.54) is 0 Å². The Labute approximate surface area is 194 Å². The molecular weight excluding hydrogens is 453 g/mol. The fraction of sp³-hybridized carbons (Fsp3) is 0.130. The molecule has 0 aliphatic heterocycles. The maximum atomic E-state index is 12.3. The average molecular weight is 472 g/mol. The van der Waals surface area contributed by atoms with Gasteiger partial charge in [0.2, 0.25) is 0 Å². The molecule has 0 radical (unpaired) electrons. The summed E-state index contributed by atoms with van der Waals surface area (Å²) in [5, 5.41) is 3.60. The number of ether oxygens (including phenoxy) is 3. The summed E-state index contributed by atoms with van der Waals surface area (Å²) >= 11 is 12.0. The van der Waals surface area contributed by atoms with E-state index < -0.39 is 0 Å². The Hall–Kier alpha value is -3.42. The van der Waals surface area contributed by atoms with Crippen molar-refractivity contribution in [3.63, 3.8) is 0 Å². The smallest absolute Gasteiger partial charge is 0.262 e. The van der Waals surface area contributed by atoms with Crippen LogP contribution in [0.5, 0.6) is 17.2 Å². The predicted molar refractivity (Wildman–Crippen MR) is 123 cm³/mol. The Morgan fingerprint density at radius 2 is 1.91 bits per heavy atom. The Morgan fingerprint density at radius 1 is 1.03 bits per heavy atom. The van der Waals surface area contributed by atoms with Crippen molar-refractivity contribution < 1.29 is 19.0 Å². The molecule has 0 saturated carbocycles. The molecule has 32 heavy (non-hydrogen) atoms. The zero-order chi connectivity index (χ0) is 22.5. The fourth-order valence-corrected chi connectivity index (χ4v) is 3.34. The molecule has 0 unspecified atom stereocenters. The second kappa shape index (κ2) is 9.80. The lowest BCUT2D eigenvalue weighted by atomic mass is 10.2. The van der Waals surface area contributed by atoms with E-state index >= 15 is 0 Å². The number of nitrogens with one attached hydrogen (secondary N) is 1. The largest absolute Gasteiger partial charge is 0.493 e. The summed E-state index contributed by atoms with van der Waals surface area (Å²) in [4.78, 5) is 16.8. The molecule has 0 spiro atoms. The van der Waals surface area contributed by atoms with Gasteiger partial charge in [-0.2, -0.15) is 0 Å². The number of nitrogens with zero attached hydrogens (tertiary/aromatic N) is 2. The van der Waals surface area contributed by atoms with Gasteiger partial charge in [-0.3, -0.25) is 4.79 Å². The van der Waals surface area contributed by atoms with Crippen LogP contribution in [0.4, 0.5) is 5.69 Å². The van der Waals surface area contributed by atoms with E-state index in [4.69, 9.17) is 37.4 Å². The Bertz CT molecular complexity index is 1230. The van der Waals surface area contributed by atoms with E-state index in [9.17, 15) is 4.79 Å². The lowest BCUT2D eigenvalue weighted by Crippen LogP contribution is -2.20. The first kappa shape index (κ1) is 21.8. The van der Waals surface area contributed by atoms with E-state index in [-0.39, 0.29) is 19.1 Å². The van der Waals surface area contributed by atoms with Crippen LogP contribution in [0.1, 0.15) is 5.69 Å². The van der Waals surface area contributed by atoms with Crippen LogP contribution in [-0.4, -0.2) is 29.0 Å². The first-order chi connectivity index (χ1) is 15.5. The maximum absolute atomic E-state index is 12.3. The number of hydrogen-bond donors (Lipinski definition) is 1. The number of pyridine rings is 1. The van der Waals surface area contributed by atoms with Crippen molar-refractivity contribution in [2.45, 2.75) is 6.61 Å². The number of hydrogen-bond acceptors (Lipinski definition) is 5. The molecule has 9 heteroatoms. The highest BCUT2D eigenvalue weighted by Crippen LogP contribution is 2.31. The summed E-state index contributed by atoms with van der Waals surface area (Å²) in [5.41, 5.74) is 2.12. The standard InChI is InChI=1S/C23H19Cl2N3O4/c1-30-19-8-6-16(27-23(29)14-32-20-10-15(24)5-7-18(20)25)11-21(19)31-13-17-12-28-9-3-2-4-22(28)26-17/h2-12H,13-14H2,1H3,(H,27,29). The highest BCUT2D eigenvalue weighted by molar-refractivity contribution is 6.34. The number of amides is 1. The van der Waals surface area contributed by atoms with E-state index in [0.29, 0.717) is 33.0 Å². The molecule has 0 aliphatic rings. The summed E-state index contributed by atoms with van der Waals surface area (Å²) in [6, 6.07) is 15.7. The number of carbonyl (C=O) groups is 1. The van der Waals surface area contributed by atoms with Gasteiger partial charge in [-0.05, 0) is 36.4 Å². The quantitative estimate of drug-likeness (QED) is 0.380. The molecular formula is C23H19Cl2N3O4. The van der Waals surface area contributed by atoms with Crippen molar-refractivity contribution in [1.82, 2.24) is 9.38 Å². The van der Waals surface area contributed by atoms with Gasteiger partial charge in [-0.15, -0.1) is 0 Å². The molecule has 0 fully saturated rings. The third-order valence-electron chi connectivity index (χ3n) is 4.49. The number of carbonyl (C=O) groups excluding carboxylic acids is 1. The molecule has 0 aliphatic carbocycles. The molecule has 2 aromatic carbocycles. The highest BCUT2D eigenvalue weighted by atomic mass is 35.5.